The number of amides is 1. The third-order valence-corrected chi connectivity index (χ3v) is 7.03. The zero-order chi connectivity index (χ0) is 24.7. The summed E-state index contributed by atoms with van der Waals surface area (Å²) in [5, 5.41) is 1.07. The second-order valence-electron chi connectivity index (χ2n) is 8.59. The van der Waals surface area contributed by atoms with Crippen molar-refractivity contribution < 1.29 is 17.9 Å². The van der Waals surface area contributed by atoms with Gasteiger partial charge >= 0.3 is 0 Å². The highest BCUT2D eigenvalue weighted by atomic mass is 32.2. The van der Waals surface area contributed by atoms with E-state index < -0.39 is 21.3 Å². The predicted octanol–water partition coefficient (Wildman–Crippen LogP) is 3.76. The Morgan fingerprint density at radius 3 is 2.47 bits per heavy atom. The van der Waals surface area contributed by atoms with Gasteiger partial charge < -0.3 is 10.5 Å². The molecule has 2 aromatic carbocycles. The summed E-state index contributed by atoms with van der Waals surface area (Å²) >= 11 is 0.988. The summed E-state index contributed by atoms with van der Waals surface area (Å²) in [5.74, 6) is -0.603. The summed E-state index contributed by atoms with van der Waals surface area (Å²) in [6.07, 6.45) is 0. The van der Waals surface area contributed by atoms with Crippen molar-refractivity contribution in [2.24, 2.45) is 0 Å². The first-order valence-corrected chi connectivity index (χ1v) is 12.5. The fourth-order valence-corrected chi connectivity index (χ4v) is 5.00. The first-order valence-electron chi connectivity index (χ1n) is 10.2. The molecule has 0 aliphatic carbocycles. The van der Waals surface area contributed by atoms with Crippen LogP contribution in [0.25, 0.3) is 22.3 Å². The molecule has 0 unspecified atom stereocenters. The Morgan fingerprint density at radius 1 is 1.09 bits per heavy atom. The molecule has 1 amide bonds. The molecular formula is C23H23N5O4S2. The maximum atomic E-state index is 13.4. The number of hydrogen-bond acceptors (Lipinski definition) is 9. The zero-order valence-electron chi connectivity index (χ0n) is 19.0. The van der Waals surface area contributed by atoms with Gasteiger partial charge in [0, 0.05) is 16.9 Å². The maximum absolute atomic E-state index is 13.4. The molecule has 0 spiro atoms. The molecule has 0 aliphatic rings. The van der Waals surface area contributed by atoms with Crippen LogP contribution in [0.3, 0.4) is 0 Å². The molecule has 9 nitrogen and oxygen atoms in total. The number of benzene rings is 2. The summed E-state index contributed by atoms with van der Waals surface area (Å²) in [4.78, 5) is 21.1. The molecule has 176 valence electrons. The van der Waals surface area contributed by atoms with E-state index in [9.17, 15) is 13.2 Å². The monoisotopic (exact) mass is 497 g/mol. The van der Waals surface area contributed by atoms with Crippen molar-refractivity contribution in [1.82, 2.24) is 19.1 Å². The van der Waals surface area contributed by atoms with E-state index >= 15 is 0 Å². The van der Waals surface area contributed by atoms with Crippen LogP contribution in [0.15, 0.2) is 53.4 Å². The first kappa shape index (κ1) is 23.6. The number of sulfonamides is 1. The molecule has 2 heterocycles. The van der Waals surface area contributed by atoms with Gasteiger partial charge in [0.05, 0.1) is 18.2 Å². The molecule has 4 aromatic rings. The predicted molar refractivity (Wildman–Crippen MR) is 131 cm³/mol. The lowest BCUT2D eigenvalue weighted by Crippen LogP contribution is -2.32. The van der Waals surface area contributed by atoms with Crippen molar-refractivity contribution in [1.29, 1.82) is 0 Å². The quantitative estimate of drug-likeness (QED) is 0.425. The van der Waals surface area contributed by atoms with Crippen molar-refractivity contribution >= 4 is 43.5 Å². The van der Waals surface area contributed by atoms with Crippen molar-refractivity contribution in [2.75, 3.05) is 12.8 Å². The van der Waals surface area contributed by atoms with Gasteiger partial charge in [0.2, 0.25) is 0 Å². The molecule has 0 aliphatic heterocycles. The Kier molecular flexibility index (Phi) is 6.00. The smallest absolute Gasteiger partial charge is 0.283 e. The van der Waals surface area contributed by atoms with Gasteiger partial charge in [-0.15, -0.1) is 0 Å². The molecule has 34 heavy (non-hydrogen) atoms. The summed E-state index contributed by atoms with van der Waals surface area (Å²) in [5.41, 5.74) is 6.93. The highest BCUT2D eigenvalue weighted by Crippen LogP contribution is 2.39. The van der Waals surface area contributed by atoms with Crippen LogP contribution < -0.4 is 15.2 Å². The molecule has 0 saturated carbocycles. The van der Waals surface area contributed by atoms with Crippen molar-refractivity contribution in [3.05, 3.63) is 59.8 Å². The van der Waals surface area contributed by atoms with Gasteiger partial charge in [-0.2, -0.15) is 9.36 Å². The number of nitrogens with zero attached hydrogens (tertiary/aromatic N) is 3. The van der Waals surface area contributed by atoms with Gasteiger partial charge in [-0.25, -0.2) is 18.1 Å². The maximum Gasteiger partial charge on any atom is 0.283 e. The molecule has 0 atom stereocenters. The van der Waals surface area contributed by atoms with Gasteiger partial charge in [-0.05, 0) is 35.2 Å². The van der Waals surface area contributed by atoms with Crippen LogP contribution in [0, 0.1) is 0 Å². The second kappa shape index (κ2) is 8.65. The average molecular weight is 498 g/mol. The summed E-state index contributed by atoms with van der Waals surface area (Å²) in [7, 11) is -3.01. The zero-order valence-corrected chi connectivity index (χ0v) is 20.6. The number of pyridine rings is 1. The van der Waals surface area contributed by atoms with Crippen molar-refractivity contribution in [2.45, 2.75) is 31.1 Å². The number of ether oxygens (including phenoxy) is 1. The Morgan fingerprint density at radius 2 is 1.82 bits per heavy atom. The topological polar surface area (TPSA) is 137 Å². The molecule has 2 aromatic heterocycles. The fourth-order valence-electron chi connectivity index (χ4n) is 3.38. The molecule has 0 bridgehead atoms. The highest BCUT2D eigenvalue weighted by Gasteiger charge is 2.30. The molecule has 3 N–H and O–H groups in total. The van der Waals surface area contributed by atoms with E-state index in [1.165, 1.54) is 19.2 Å². The van der Waals surface area contributed by atoms with Gasteiger partial charge in [0.1, 0.15) is 16.3 Å². The van der Waals surface area contributed by atoms with Crippen molar-refractivity contribution in [3.63, 3.8) is 0 Å². The lowest BCUT2D eigenvalue weighted by Gasteiger charge is -2.23. The van der Waals surface area contributed by atoms with E-state index in [2.05, 4.69) is 19.1 Å². The number of fused-ring (bicyclic) bond motifs is 1. The number of para-hydroxylation sites is 1. The summed E-state index contributed by atoms with van der Waals surface area (Å²) < 4.78 is 38.7. The Hall–Kier alpha value is -3.57. The van der Waals surface area contributed by atoms with E-state index in [0.717, 1.165) is 16.9 Å². The molecule has 0 fully saturated rings. The minimum Gasteiger partial charge on any atom is -0.495 e. The SMILES string of the molecule is COc1c(-c2nsc(N)n2)cc(C(C)(C)C)cc1S(=O)(=O)NC(=O)c1ccc2ccccc2n1. The Labute approximate surface area is 201 Å². The Bertz CT molecular complexity index is 1510. The van der Waals surface area contributed by atoms with E-state index in [-0.39, 0.29) is 27.3 Å². The minimum atomic E-state index is -4.36. The van der Waals surface area contributed by atoms with Crippen LogP contribution in [0.4, 0.5) is 5.13 Å². The number of rotatable bonds is 5. The van der Waals surface area contributed by atoms with Crippen LogP contribution in [-0.4, -0.2) is 35.8 Å². The number of carbonyl (C=O) groups excluding carboxylic acids is 1. The van der Waals surface area contributed by atoms with E-state index in [4.69, 9.17) is 10.5 Å². The minimum absolute atomic E-state index is 0.0116. The van der Waals surface area contributed by atoms with E-state index in [1.54, 1.807) is 24.3 Å². The molecule has 4 rings (SSSR count). The van der Waals surface area contributed by atoms with Crippen LogP contribution in [-0.2, 0) is 15.4 Å². The number of methoxy groups -OCH3 is 1. The fraction of sp³-hybridized carbons (Fsp3) is 0.217. The van der Waals surface area contributed by atoms with E-state index in [1.807, 2.05) is 32.9 Å². The largest absolute Gasteiger partial charge is 0.495 e. The molecule has 0 saturated heterocycles. The van der Waals surface area contributed by atoms with Crippen LogP contribution in [0.2, 0.25) is 0 Å². The number of anilines is 1. The van der Waals surface area contributed by atoms with Crippen LogP contribution >= 0.6 is 11.5 Å². The summed E-state index contributed by atoms with van der Waals surface area (Å²) in [6, 6.07) is 13.7. The molecular weight excluding hydrogens is 474 g/mol. The number of carbonyl (C=O) groups is 1. The van der Waals surface area contributed by atoms with Crippen LogP contribution in [0.5, 0.6) is 5.75 Å². The first-order chi connectivity index (χ1) is 16.0. The van der Waals surface area contributed by atoms with E-state index in [0.29, 0.717) is 16.6 Å². The average Bonchev–Trinajstić information content (AvgIpc) is 3.23. The van der Waals surface area contributed by atoms with Gasteiger partial charge in [0.15, 0.2) is 11.0 Å². The standard InChI is InChI=1S/C23H23N5O4S2/c1-23(2,3)14-11-15(20-26-22(24)33-27-20)19(32-4)18(12-14)34(30,31)28-21(29)17-10-9-13-7-5-6-8-16(13)25-17/h5-12H,1-4H3,(H,28,29)(H2,24,26,27). The number of nitrogen functional groups attached to an aromatic ring is 1. The summed E-state index contributed by atoms with van der Waals surface area (Å²) in [6.45, 7) is 5.82. The van der Waals surface area contributed by atoms with Gasteiger partial charge in [0.25, 0.3) is 15.9 Å². The second-order valence-corrected chi connectivity index (χ2v) is 11.0. The third-order valence-electron chi connectivity index (χ3n) is 5.16. The number of hydrogen-bond donors (Lipinski definition) is 2. The number of aromatic nitrogens is 3. The lowest BCUT2D eigenvalue weighted by molar-refractivity contribution is 0.0977. The van der Waals surface area contributed by atoms with Gasteiger partial charge in [-0.3, -0.25) is 4.79 Å². The van der Waals surface area contributed by atoms with Crippen molar-refractivity contribution in [3.8, 4) is 17.1 Å². The molecule has 11 heteroatoms. The number of nitrogens with one attached hydrogen (secondary N) is 1. The van der Waals surface area contributed by atoms with Gasteiger partial charge in [-0.1, -0.05) is 45.0 Å². The normalized spacial score (nSPS) is 12.0. The highest BCUT2D eigenvalue weighted by molar-refractivity contribution is 7.90. The third kappa shape index (κ3) is 4.57. The lowest BCUT2D eigenvalue weighted by atomic mass is 9.86. The Balaban J connectivity index is 1.81. The number of nitrogens with two attached hydrogens (primary N) is 1. The van der Waals surface area contributed by atoms with Crippen LogP contribution in [0.1, 0.15) is 36.8 Å². The molecule has 0 radical (unpaired) electrons.